The summed E-state index contributed by atoms with van der Waals surface area (Å²) in [5, 5.41) is 2.60. The van der Waals surface area contributed by atoms with Crippen LogP contribution in [0.5, 0.6) is 5.75 Å². The molecule has 0 aromatic heterocycles. The molecule has 1 amide bonds. The van der Waals surface area contributed by atoms with E-state index in [1.54, 1.807) is 24.3 Å². The molecule has 27 heavy (non-hydrogen) atoms. The van der Waals surface area contributed by atoms with Gasteiger partial charge in [-0.05, 0) is 62.2 Å². The zero-order valence-electron chi connectivity index (χ0n) is 15.7. The van der Waals surface area contributed by atoms with Crippen LogP contribution in [0.3, 0.4) is 0 Å². The second-order valence-electron chi connectivity index (χ2n) is 6.21. The van der Waals surface area contributed by atoms with E-state index in [4.69, 9.17) is 9.47 Å². The third-order valence-electron chi connectivity index (χ3n) is 3.85. The first-order valence-corrected chi connectivity index (χ1v) is 8.61. The van der Waals surface area contributed by atoms with Crippen molar-refractivity contribution in [2.45, 2.75) is 27.2 Å². The zero-order valence-corrected chi connectivity index (χ0v) is 15.7. The Bertz CT molecular complexity index is 827. The van der Waals surface area contributed by atoms with Gasteiger partial charge in [0.25, 0.3) is 5.91 Å². The summed E-state index contributed by atoms with van der Waals surface area (Å²) in [4.78, 5) is 34.8. The summed E-state index contributed by atoms with van der Waals surface area (Å²) in [5.74, 6) is -0.281. The van der Waals surface area contributed by atoms with E-state index in [0.29, 0.717) is 11.3 Å². The van der Waals surface area contributed by atoms with Crippen LogP contribution in [0.4, 0.5) is 5.69 Å². The number of amides is 1. The molecule has 2 aromatic rings. The van der Waals surface area contributed by atoms with E-state index in [-0.39, 0.29) is 25.4 Å². The third kappa shape index (κ3) is 6.58. The topological polar surface area (TPSA) is 81.7 Å². The normalized spacial score (nSPS) is 10.2. The minimum Gasteiger partial charge on any atom is -0.493 e. The van der Waals surface area contributed by atoms with Crippen molar-refractivity contribution in [2.75, 3.05) is 18.5 Å². The van der Waals surface area contributed by atoms with Crippen molar-refractivity contribution in [3.05, 3.63) is 59.2 Å². The summed E-state index contributed by atoms with van der Waals surface area (Å²) in [6.45, 7) is 5.16. The molecule has 6 heteroatoms. The van der Waals surface area contributed by atoms with Crippen molar-refractivity contribution in [2.24, 2.45) is 0 Å². The molecule has 6 nitrogen and oxygen atoms in total. The van der Waals surface area contributed by atoms with Crippen LogP contribution in [0.25, 0.3) is 0 Å². The van der Waals surface area contributed by atoms with Gasteiger partial charge in [0.1, 0.15) is 5.75 Å². The van der Waals surface area contributed by atoms with E-state index < -0.39 is 11.9 Å². The summed E-state index contributed by atoms with van der Waals surface area (Å²) in [7, 11) is 0. The molecule has 0 radical (unpaired) electrons. The summed E-state index contributed by atoms with van der Waals surface area (Å²) >= 11 is 0. The molecule has 0 spiro atoms. The fourth-order valence-electron chi connectivity index (χ4n) is 2.31. The number of aryl methyl sites for hydroxylation is 2. The lowest BCUT2D eigenvalue weighted by Crippen LogP contribution is -2.21. The van der Waals surface area contributed by atoms with Gasteiger partial charge in [0, 0.05) is 11.3 Å². The Morgan fingerprint density at radius 1 is 1.00 bits per heavy atom. The summed E-state index contributed by atoms with van der Waals surface area (Å²) in [6.07, 6.45) is 0.0496. The summed E-state index contributed by atoms with van der Waals surface area (Å²) in [5.41, 5.74) is 3.15. The quantitative estimate of drug-likeness (QED) is 0.569. The number of hydrogen-bond acceptors (Lipinski definition) is 5. The molecule has 0 atom stereocenters. The Morgan fingerprint density at radius 3 is 2.37 bits per heavy atom. The molecule has 0 heterocycles. The number of anilines is 1. The Kier molecular flexibility index (Phi) is 7.11. The smallest absolute Gasteiger partial charge is 0.309 e. The predicted molar refractivity (Wildman–Crippen MR) is 102 cm³/mol. The van der Waals surface area contributed by atoms with Gasteiger partial charge in [-0.1, -0.05) is 12.1 Å². The van der Waals surface area contributed by atoms with Crippen molar-refractivity contribution in [1.82, 2.24) is 0 Å². The first kappa shape index (κ1) is 20.2. The molecule has 0 unspecified atom stereocenters. The maximum absolute atomic E-state index is 11.8. The van der Waals surface area contributed by atoms with Gasteiger partial charge < -0.3 is 14.8 Å². The fraction of sp³-hybridized carbons (Fsp3) is 0.286. The molecule has 0 saturated carbocycles. The second-order valence-corrected chi connectivity index (χ2v) is 6.21. The average Bonchev–Trinajstić information content (AvgIpc) is 2.63. The van der Waals surface area contributed by atoms with Crippen LogP contribution in [-0.4, -0.2) is 30.9 Å². The fourth-order valence-corrected chi connectivity index (χ4v) is 2.31. The molecule has 0 bridgehead atoms. The van der Waals surface area contributed by atoms with Gasteiger partial charge >= 0.3 is 5.97 Å². The third-order valence-corrected chi connectivity index (χ3v) is 3.85. The maximum atomic E-state index is 11.8. The Labute approximate surface area is 158 Å². The van der Waals surface area contributed by atoms with E-state index in [1.807, 2.05) is 32.0 Å². The van der Waals surface area contributed by atoms with Gasteiger partial charge in [-0.25, -0.2) is 0 Å². The number of hydrogen-bond donors (Lipinski definition) is 1. The summed E-state index contributed by atoms with van der Waals surface area (Å²) in [6, 6.07) is 12.3. The van der Waals surface area contributed by atoms with Gasteiger partial charge in [-0.2, -0.15) is 0 Å². The largest absolute Gasteiger partial charge is 0.493 e. The lowest BCUT2D eigenvalue weighted by Gasteiger charge is -2.10. The average molecular weight is 369 g/mol. The van der Waals surface area contributed by atoms with E-state index in [0.717, 1.165) is 16.9 Å². The minimum absolute atomic E-state index is 0.0496. The minimum atomic E-state index is -0.512. The van der Waals surface area contributed by atoms with Crippen LogP contribution in [-0.2, 0) is 14.3 Å². The van der Waals surface area contributed by atoms with Crippen LogP contribution in [0.2, 0.25) is 0 Å². The van der Waals surface area contributed by atoms with Crippen LogP contribution in [0, 0.1) is 13.8 Å². The highest BCUT2D eigenvalue weighted by Crippen LogP contribution is 2.19. The molecular weight excluding hydrogens is 346 g/mol. The van der Waals surface area contributed by atoms with E-state index in [9.17, 15) is 14.4 Å². The standard InChI is InChI=1S/C21H23NO5/c1-14-4-5-15(2)19(12-14)26-11-10-21(25)27-13-20(24)22-18-8-6-17(7-9-18)16(3)23/h4-9,12H,10-11,13H2,1-3H3,(H,22,24). The monoisotopic (exact) mass is 369 g/mol. The SMILES string of the molecule is CC(=O)c1ccc(NC(=O)COC(=O)CCOc2cc(C)ccc2C)cc1. The molecule has 0 aliphatic carbocycles. The molecule has 1 N–H and O–H groups in total. The van der Waals surface area contributed by atoms with Crippen molar-refractivity contribution < 1.29 is 23.9 Å². The number of ketones is 1. The lowest BCUT2D eigenvalue weighted by molar-refractivity contribution is -0.147. The number of carbonyl (C=O) groups excluding carboxylic acids is 3. The molecule has 2 rings (SSSR count). The number of esters is 1. The van der Waals surface area contributed by atoms with Crippen LogP contribution in [0.1, 0.15) is 34.8 Å². The van der Waals surface area contributed by atoms with E-state index in [2.05, 4.69) is 5.32 Å². The first-order valence-electron chi connectivity index (χ1n) is 8.61. The van der Waals surface area contributed by atoms with Gasteiger partial charge in [0.2, 0.25) is 0 Å². The number of ether oxygens (including phenoxy) is 2. The molecular formula is C21H23NO5. The van der Waals surface area contributed by atoms with Crippen molar-refractivity contribution in [3.8, 4) is 5.75 Å². The van der Waals surface area contributed by atoms with Gasteiger partial charge in [0.15, 0.2) is 12.4 Å². The highest BCUT2D eigenvalue weighted by molar-refractivity contribution is 5.96. The number of carbonyl (C=O) groups is 3. The van der Waals surface area contributed by atoms with E-state index >= 15 is 0 Å². The molecule has 0 aliphatic rings. The Balaban J connectivity index is 1.70. The predicted octanol–water partition coefficient (Wildman–Crippen LogP) is 3.46. The van der Waals surface area contributed by atoms with Crippen LogP contribution in [0.15, 0.2) is 42.5 Å². The number of rotatable bonds is 8. The van der Waals surface area contributed by atoms with E-state index in [1.165, 1.54) is 6.92 Å². The number of Topliss-reactive ketones (excluding diaryl/α,β-unsaturated/α-hetero) is 1. The second kappa shape index (κ2) is 9.52. The molecule has 0 aliphatic heterocycles. The summed E-state index contributed by atoms with van der Waals surface area (Å²) < 4.78 is 10.5. The van der Waals surface area contributed by atoms with Gasteiger partial charge in [0.05, 0.1) is 13.0 Å². The van der Waals surface area contributed by atoms with Gasteiger partial charge in [-0.15, -0.1) is 0 Å². The molecule has 0 saturated heterocycles. The highest BCUT2D eigenvalue weighted by atomic mass is 16.5. The van der Waals surface area contributed by atoms with Crippen LogP contribution < -0.4 is 10.1 Å². The van der Waals surface area contributed by atoms with Crippen molar-refractivity contribution in [3.63, 3.8) is 0 Å². The first-order chi connectivity index (χ1) is 12.8. The van der Waals surface area contributed by atoms with Crippen LogP contribution >= 0.6 is 0 Å². The highest BCUT2D eigenvalue weighted by Gasteiger charge is 2.09. The van der Waals surface area contributed by atoms with Gasteiger partial charge in [-0.3, -0.25) is 14.4 Å². The van der Waals surface area contributed by atoms with Crippen molar-refractivity contribution >= 4 is 23.3 Å². The molecule has 2 aromatic carbocycles. The van der Waals surface area contributed by atoms with Crippen molar-refractivity contribution in [1.29, 1.82) is 0 Å². The Hall–Kier alpha value is -3.15. The maximum Gasteiger partial charge on any atom is 0.309 e. The lowest BCUT2D eigenvalue weighted by atomic mass is 10.1. The molecule has 142 valence electrons. The Morgan fingerprint density at radius 2 is 1.70 bits per heavy atom. The molecule has 0 fully saturated rings. The zero-order chi connectivity index (χ0) is 19.8. The number of nitrogens with one attached hydrogen (secondary N) is 1. The number of benzene rings is 2.